The molecule has 0 aromatic carbocycles. The third kappa shape index (κ3) is 2.81. The highest BCUT2D eigenvalue weighted by Crippen LogP contribution is 2.25. The Bertz CT molecular complexity index is 783. The van der Waals surface area contributed by atoms with Crippen LogP contribution in [0.4, 0.5) is 0 Å². The number of nitrogens with zero attached hydrogens (tertiary/aromatic N) is 6. The molecule has 2 aromatic heterocycles. The lowest BCUT2D eigenvalue weighted by atomic mass is 10.1. The van der Waals surface area contributed by atoms with E-state index in [-0.39, 0.29) is 11.9 Å². The largest absolute Gasteiger partial charge is 0.345 e. The number of aryl methyl sites for hydroxylation is 2. The molecule has 0 radical (unpaired) electrons. The van der Waals surface area contributed by atoms with Crippen LogP contribution in [-0.2, 0) is 14.1 Å². The summed E-state index contributed by atoms with van der Waals surface area (Å²) in [4.78, 5) is 21.6. The van der Waals surface area contributed by atoms with Gasteiger partial charge in [0.1, 0.15) is 17.6 Å². The van der Waals surface area contributed by atoms with E-state index in [0.29, 0.717) is 24.3 Å². The summed E-state index contributed by atoms with van der Waals surface area (Å²) in [7, 11) is 3.78. The third-order valence-electron chi connectivity index (χ3n) is 4.69. The Balaban J connectivity index is 1.85. The molecule has 0 aliphatic carbocycles. The molecule has 1 fully saturated rings. The minimum absolute atomic E-state index is 0.0334. The molecule has 1 saturated heterocycles. The van der Waals surface area contributed by atoms with Crippen molar-refractivity contribution in [3.05, 3.63) is 41.7 Å². The molecule has 1 aliphatic rings. The second-order valence-electron chi connectivity index (χ2n) is 6.13. The van der Waals surface area contributed by atoms with Crippen molar-refractivity contribution >= 4 is 5.91 Å². The van der Waals surface area contributed by atoms with Gasteiger partial charge in [0.2, 0.25) is 0 Å². The van der Waals surface area contributed by atoms with Gasteiger partial charge in [-0.25, -0.2) is 4.98 Å². The van der Waals surface area contributed by atoms with E-state index in [1.54, 1.807) is 30.1 Å². The van der Waals surface area contributed by atoms with Crippen LogP contribution in [0.5, 0.6) is 0 Å². The van der Waals surface area contributed by atoms with Crippen LogP contribution in [0.3, 0.4) is 0 Å². The summed E-state index contributed by atoms with van der Waals surface area (Å²) in [5.41, 5.74) is 1.06. The van der Waals surface area contributed by atoms with Gasteiger partial charge in [-0.2, -0.15) is 5.26 Å². The van der Waals surface area contributed by atoms with E-state index in [1.807, 2.05) is 22.7 Å². The molecule has 0 bridgehead atoms. The molecule has 0 N–H and O–H groups in total. The minimum atomic E-state index is -0.0334. The Morgan fingerprint density at radius 2 is 2.17 bits per heavy atom. The molecule has 2 aromatic rings. The molecule has 24 heavy (non-hydrogen) atoms. The Morgan fingerprint density at radius 1 is 1.38 bits per heavy atom. The highest BCUT2D eigenvalue weighted by atomic mass is 16.2. The summed E-state index contributed by atoms with van der Waals surface area (Å²) in [6, 6.07) is 3.83. The van der Waals surface area contributed by atoms with Gasteiger partial charge in [-0.15, -0.1) is 0 Å². The number of aromatic nitrogens is 3. The quantitative estimate of drug-likeness (QED) is 0.848. The number of carbonyl (C=O) groups is 1. The van der Waals surface area contributed by atoms with Gasteiger partial charge in [-0.1, -0.05) is 6.92 Å². The fourth-order valence-electron chi connectivity index (χ4n) is 3.33. The maximum Gasteiger partial charge on any atom is 0.270 e. The summed E-state index contributed by atoms with van der Waals surface area (Å²) >= 11 is 0. The second kappa shape index (κ2) is 6.49. The first kappa shape index (κ1) is 16.3. The van der Waals surface area contributed by atoms with Gasteiger partial charge in [0.25, 0.3) is 5.91 Å². The molecule has 0 spiro atoms. The van der Waals surface area contributed by atoms with E-state index in [0.717, 1.165) is 18.9 Å². The number of hydrogen-bond donors (Lipinski definition) is 0. The van der Waals surface area contributed by atoms with Crippen molar-refractivity contribution in [2.75, 3.05) is 26.2 Å². The smallest absolute Gasteiger partial charge is 0.270 e. The lowest BCUT2D eigenvalue weighted by Crippen LogP contribution is -2.51. The van der Waals surface area contributed by atoms with Gasteiger partial charge in [-0.3, -0.25) is 9.69 Å². The fourth-order valence-corrected chi connectivity index (χ4v) is 3.33. The molecular weight excluding hydrogens is 304 g/mol. The number of rotatable bonds is 3. The van der Waals surface area contributed by atoms with Gasteiger partial charge in [0.15, 0.2) is 0 Å². The van der Waals surface area contributed by atoms with E-state index in [2.05, 4.69) is 22.9 Å². The van der Waals surface area contributed by atoms with Gasteiger partial charge < -0.3 is 14.0 Å². The highest BCUT2D eigenvalue weighted by Gasteiger charge is 2.33. The van der Waals surface area contributed by atoms with Gasteiger partial charge in [0.05, 0.1) is 11.6 Å². The lowest BCUT2D eigenvalue weighted by molar-refractivity contribution is 0.0464. The lowest BCUT2D eigenvalue weighted by Gasteiger charge is -2.40. The summed E-state index contributed by atoms with van der Waals surface area (Å²) in [6.07, 6.45) is 5.41. The first-order valence-corrected chi connectivity index (χ1v) is 8.12. The van der Waals surface area contributed by atoms with Crippen molar-refractivity contribution in [3.63, 3.8) is 0 Å². The summed E-state index contributed by atoms with van der Waals surface area (Å²) < 4.78 is 3.74. The van der Waals surface area contributed by atoms with E-state index in [1.165, 1.54) is 0 Å². The zero-order valence-electron chi connectivity index (χ0n) is 14.3. The second-order valence-corrected chi connectivity index (χ2v) is 6.13. The topological polar surface area (TPSA) is 70.1 Å². The van der Waals surface area contributed by atoms with Crippen molar-refractivity contribution in [3.8, 4) is 6.07 Å². The molecule has 3 heterocycles. The van der Waals surface area contributed by atoms with Crippen molar-refractivity contribution in [1.82, 2.24) is 23.9 Å². The van der Waals surface area contributed by atoms with Crippen LogP contribution in [0.15, 0.2) is 24.7 Å². The summed E-state index contributed by atoms with van der Waals surface area (Å²) in [6.45, 7) is 5.15. The number of imidazole rings is 1. The maximum atomic E-state index is 12.9. The maximum absolute atomic E-state index is 12.9. The average molecular weight is 326 g/mol. The van der Waals surface area contributed by atoms with Crippen LogP contribution < -0.4 is 0 Å². The predicted octanol–water partition coefficient (Wildman–Crippen LogP) is 1.15. The molecule has 0 saturated carbocycles. The van der Waals surface area contributed by atoms with Crippen LogP contribution in [0.1, 0.15) is 34.8 Å². The zero-order valence-corrected chi connectivity index (χ0v) is 14.3. The molecule has 3 rings (SSSR count). The van der Waals surface area contributed by atoms with Crippen LogP contribution in [0.25, 0.3) is 0 Å². The van der Waals surface area contributed by atoms with E-state index in [4.69, 9.17) is 5.26 Å². The van der Waals surface area contributed by atoms with Gasteiger partial charge in [-0.05, 0) is 12.6 Å². The van der Waals surface area contributed by atoms with E-state index >= 15 is 0 Å². The molecule has 7 heteroatoms. The first-order valence-electron chi connectivity index (χ1n) is 8.12. The van der Waals surface area contributed by atoms with Crippen molar-refractivity contribution in [2.45, 2.75) is 13.0 Å². The number of nitriles is 1. The normalized spacial score (nSPS) is 18.6. The molecule has 1 amide bonds. The SMILES string of the molecule is CCN1CCN(C(=O)c2cc(C#N)cn2C)C[C@H]1c1nccn1C. The molecule has 126 valence electrons. The minimum Gasteiger partial charge on any atom is -0.345 e. The Labute approximate surface area is 141 Å². The molecule has 1 aliphatic heterocycles. The summed E-state index contributed by atoms with van der Waals surface area (Å²) in [5.74, 6) is 0.938. The van der Waals surface area contributed by atoms with Crippen LogP contribution >= 0.6 is 0 Å². The van der Waals surface area contributed by atoms with E-state index in [9.17, 15) is 4.79 Å². The Hall–Kier alpha value is -2.59. The molecular formula is C17H22N6O. The van der Waals surface area contributed by atoms with Crippen LogP contribution in [0, 0.1) is 11.3 Å². The van der Waals surface area contributed by atoms with Crippen LogP contribution in [0.2, 0.25) is 0 Å². The van der Waals surface area contributed by atoms with Crippen molar-refractivity contribution in [1.29, 1.82) is 5.26 Å². The number of hydrogen-bond acceptors (Lipinski definition) is 4. The molecule has 0 unspecified atom stereocenters. The monoisotopic (exact) mass is 326 g/mol. The van der Waals surface area contributed by atoms with Crippen molar-refractivity contribution in [2.24, 2.45) is 14.1 Å². The number of carbonyl (C=O) groups excluding carboxylic acids is 1. The number of amides is 1. The molecule has 1 atom stereocenters. The Kier molecular flexibility index (Phi) is 4.40. The zero-order chi connectivity index (χ0) is 17.3. The molecule has 7 nitrogen and oxygen atoms in total. The van der Waals surface area contributed by atoms with Crippen molar-refractivity contribution < 1.29 is 4.79 Å². The van der Waals surface area contributed by atoms with Gasteiger partial charge in [0, 0.05) is 52.3 Å². The first-order chi connectivity index (χ1) is 11.5. The average Bonchev–Trinajstić information content (AvgIpc) is 3.19. The number of likely N-dealkylation sites (N-methyl/N-ethyl adjacent to an activating group) is 1. The van der Waals surface area contributed by atoms with Gasteiger partial charge >= 0.3 is 0 Å². The third-order valence-corrected chi connectivity index (χ3v) is 4.69. The predicted molar refractivity (Wildman–Crippen MR) is 89.2 cm³/mol. The highest BCUT2D eigenvalue weighted by molar-refractivity contribution is 5.93. The van der Waals surface area contributed by atoms with Crippen LogP contribution in [-0.4, -0.2) is 56.0 Å². The Morgan fingerprint density at radius 3 is 2.75 bits per heavy atom. The standard InChI is InChI=1S/C17H22N6O/c1-4-22-7-8-23(12-15(22)16-19-5-6-20(16)2)17(24)14-9-13(10-18)11-21(14)3/h5-6,9,11,15H,4,7-8,12H2,1-3H3/t15-/m0/s1. The fraction of sp³-hybridized carbons (Fsp3) is 0.471. The number of piperazine rings is 1. The van der Waals surface area contributed by atoms with E-state index < -0.39 is 0 Å². The summed E-state index contributed by atoms with van der Waals surface area (Å²) in [5, 5.41) is 9.03.